The van der Waals surface area contributed by atoms with Gasteiger partial charge in [-0.3, -0.25) is 5.32 Å². The Morgan fingerprint density at radius 3 is 2.00 bits per heavy atom. The van der Waals surface area contributed by atoms with Gasteiger partial charge in [-0.05, 0) is 49.4 Å². The summed E-state index contributed by atoms with van der Waals surface area (Å²) >= 11 is 0. The third-order valence-electron chi connectivity index (χ3n) is 5.37. The number of aryl methyl sites for hydroxylation is 1. The summed E-state index contributed by atoms with van der Waals surface area (Å²) in [5.41, 5.74) is 3.73. The summed E-state index contributed by atoms with van der Waals surface area (Å²) < 4.78 is 36.0. The highest BCUT2D eigenvalue weighted by molar-refractivity contribution is 7.85. The molecule has 0 bridgehead atoms. The maximum atomic E-state index is 12.0. The molecule has 0 aliphatic carbocycles. The Bertz CT molecular complexity index is 848. The van der Waals surface area contributed by atoms with Gasteiger partial charge in [0.05, 0.1) is 0 Å². The summed E-state index contributed by atoms with van der Waals surface area (Å²) in [7, 11) is -4.54. The van der Waals surface area contributed by atoms with Gasteiger partial charge in [-0.1, -0.05) is 76.6 Å². The van der Waals surface area contributed by atoms with Crippen molar-refractivity contribution in [1.29, 1.82) is 0 Å². The van der Waals surface area contributed by atoms with E-state index in [1.54, 1.807) is 0 Å². The number of unbranched alkanes of at least 4 members (excludes halogenated alkanes) is 6. The van der Waals surface area contributed by atoms with Gasteiger partial charge in [-0.25, -0.2) is 8.42 Å². The fourth-order valence-electron chi connectivity index (χ4n) is 3.78. The van der Waals surface area contributed by atoms with E-state index in [2.05, 4.69) is 13.8 Å². The Morgan fingerprint density at radius 1 is 0.793 bits per heavy atom. The van der Waals surface area contributed by atoms with E-state index in [0.717, 1.165) is 49.8 Å². The number of benzene rings is 2. The van der Waals surface area contributed by atoms with Gasteiger partial charge in [0.1, 0.15) is 20.7 Å². The molecule has 0 aliphatic heterocycles. The minimum atomic E-state index is -4.54. The Kier molecular flexibility index (Phi) is 9.85. The Balaban J connectivity index is 2.43. The zero-order valence-corrected chi connectivity index (χ0v) is 18.6. The van der Waals surface area contributed by atoms with Crippen LogP contribution in [0.4, 0.5) is 11.4 Å². The van der Waals surface area contributed by atoms with E-state index in [9.17, 15) is 13.0 Å². The van der Waals surface area contributed by atoms with E-state index in [-0.39, 0.29) is 4.90 Å². The molecule has 0 fully saturated rings. The molecular formula is C24H35NO3S. The fourth-order valence-corrected chi connectivity index (χ4v) is 4.47. The summed E-state index contributed by atoms with van der Waals surface area (Å²) in [6, 6.07) is 13.0. The summed E-state index contributed by atoms with van der Waals surface area (Å²) in [5.74, 6) is 0. The maximum Gasteiger partial charge on any atom is 0.155 e. The van der Waals surface area contributed by atoms with Crippen LogP contribution in [0.1, 0.15) is 76.3 Å². The van der Waals surface area contributed by atoms with Gasteiger partial charge < -0.3 is 4.55 Å². The van der Waals surface area contributed by atoms with Gasteiger partial charge in [0.25, 0.3) is 0 Å². The highest BCUT2D eigenvalue weighted by Crippen LogP contribution is 2.29. The Hall–Kier alpha value is -1.69. The first-order chi connectivity index (χ1) is 14.0. The highest BCUT2D eigenvalue weighted by Gasteiger charge is 2.21. The predicted molar refractivity (Wildman–Crippen MR) is 118 cm³/mol. The molecule has 0 radical (unpaired) electrons. The first-order valence-corrected chi connectivity index (χ1v) is 12.4. The third-order valence-corrected chi connectivity index (χ3v) is 6.27. The van der Waals surface area contributed by atoms with Gasteiger partial charge in [-0.2, -0.15) is 0 Å². The molecule has 0 unspecified atom stereocenters. The van der Waals surface area contributed by atoms with Crippen molar-refractivity contribution >= 4 is 21.5 Å². The van der Waals surface area contributed by atoms with Crippen LogP contribution in [-0.2, 0) is 23.0 Å². The molecule has 0 saturated heterocycles. The van der Waals surface area contributed by atoms with Crippen LogP contribution in [0.15, 0.2) is 47.4 Å². The van der Waals surface area contributed by atoms with Crippen molar-refractivity contribution in [3.05, 3.63) is 53.6 Å². The molecule has 0 aliphatic rings. The van der Waals surface area contributed by atoms with Gasteiger partial charge in [0.2, 0.25) is 0 Å². The molecule has 160 valence electrons. The number of para-hydroxylation sites is 1. The Labute approximate surface area is 176 Å². The second kappa shape index (κ2) is 12.1. The average molecular weight is 418 g/mol. The number of hydrogen-bond donors (Lipinski definition) is 1. The van der Waals surface area contributed by atoms with Gasteiger partial charge in [0.15, 0.2) is 5.69 Å². The number of hydrogen-bond acceptors (Lipinski definition) is 3. The van der Waals surface area contributed by atoms with Gasteiger partial charge in [-0.15, -0.1) is 0 Å². The second-order valence-corrected chi connectivity index (χ2v) is 9.09. The standard InChI is InChI=1S/C24H35NO3S/c1-3-5-7-10-14-20-18-19-23(29(26,27)28)24(22(20)17-13-8-6-4-2)25-21-15-11-9-12-16-21/h9,11-12,15-16,18-19,25H,3-8,10,13-14,17H2,1-2H3,(H,26,27,28). The van der Waals surface area contributed by atoms with Crippen LogP contribution < -0.4 is 5.32 Å². The summed E-state index contributed by atoms with van der Waals surface area (Å²) in [6.07, 6.45) is 10.8. The van der Waals surface area contributed by atoms with Crippen LogP contribution in [0.2, 0.25) is 0 Å². The topological polar surface area (TPSA) is 73.8 Å². The predicted octanol–water partition coefficient (Wildman–Crippen LogP) is 5.36. The van der Waals surface area contributed by atoms with Gasteiger partial charge in [0, 0.05) is 5.56 Å². The van der Waals surface area contributed by atoms with E-state index < -0.39 is 10.1 Å². The minimum absolute atomic E-state index is 0.0934. The minimum Gasteiger partial charge on any atom is -0.744 e. The monoisotopic (exact) mass is 417 g/mol. The van der Waals surface area contributed by atoms with Crippen LogP contribution >= 0.6 is 0 Å². The molecule has 0 heterocycles. The number of quaternary nitrogens is 1. The fraction of sp³-hybridized carbons (Fsp3) is 0.500. The van der Waals surface area contributed by atoms with Gasteiger partial charge >= 0.3 is 0 Å². The molecule has 0 amide bonds. The maximum absolute atomic E-state index is 12.0. The molecular weight excluding hydrogens is 382 g/mol. The van der Waals surface area contributed by atoms with Crippen molar-refractivity contribution in [3.63, 3.8) is 0 Å². The SMILES string of the molecule is CCCCCCc1ccc(S(=O)(=O)[O-])c([NH2+]c2ccccc2)c1CCCCCC. The molecule has 0 spiro atoms. The van der Waals surface area contributed by atoms with Crippen LogP contribution in [0.25, 0.3) is 0 Å². The van der Waals surface area contributed by atoms with Crippen LogP contribution in [0.5, 0.6) is 0 Å². The zero-order valence-electron chi connectivity index (χ0n) is 17.8. The molecule has 0 aromatic heterocycles. The Morgan fingerprint density at radius 2 is 1.41 bits per heavy atom. The first-order valence-electron chi connectivity index (χ1n) is 11.0. The zero-order chi connectivity index (χ0) is 21.1. The molecule has 5 heteroatoms. The van der Waals surface area contributed by atoms with Crippen molar-refractivity contribution in [1.82, 2.24) is 0 Å². The van der Waals surface area contributed by atoms with Crippen LogP contribution in [0, 0.1) is 0 Å². The largest absolute Gasteiger partial charge is 0.744 e. The van der Waals surface area contributed by atoms with Crippen molar-refractivity contribution in [2.24, 2.45) is 0 Å². The van der Waals surface area contributed by atoms with E-state index in [4.69, 9.17) is 0 Å². The number of nitrogens with two attached hydrogens (primary N) is 1. The molecule has 0 saturated carbocycles. The van der Waals surface area contributed by atoms with E-state index in [1.165, 1.54) is 37.3 Å². The van der Waals surface area contributed by atoms with E-state index in [1.807, 2.05) is 41.7 Å². The summed E-state index contributed by atoms with van der Waals surface area (Å²) in [5, 5.41) is 1.87. The highest BCUT2D eigenvalue weighted by atomic mass is 32.2. The normalized spacial score (nSPS) is 11.7. The molecule has 29 heavy (non-hydrogen) atoms. The van der Waals surface area contributed by atoms with E-state index >= 15 is 0 Å². The summed E-state index contributed by atoms with van der Waals surface area (Å²) in [4.78, 5) is -0.0934. The molecule has 2 rings (SSSR count). The number of rotatable bonds is 13. The molecule has 2 aromatic rings. The third kappa shape index (κ3) is 7.57. The average Bonchev–Trinajstić information content (AvgIpc) is 2.69. The van der Waals surface area contributed by atoms with Crippen molar-refractivity contribution in [3.8, 4) is 0 Å². The second-order valence-electron chi connectivity index (χ2n) is 7.75. The molecule has 4 nitrogen and oxygen atoms in total. The van der Waals surface area contributed by atoms with Crippen molar-refractivity contribution in [2.45, 2.75) is 83.0 Å². The lowest BCUT2D eigenvalue weighted by atomic mass is 9.95. The first kappa shape index (κ1) is 23.6. The van der Waals surface area contributed by atoms with E-state index in [0.29, 0.717) is 5.69 Å². The lowest BCUT2D eigenvalue weighted by Gasteiger charge is -2.18. The smallest absolute Gasteiger partial charge is 0.155 e. The lowest BCUT2D eigenvalue weighted by molar-refractivity contribution is -0.482. The lowest BCUT2D eigenvalue weighted by Crippen LogP contribution is -2.72. The molecule has 0 atom stereocenters. The van der Waals surface area contributed by atoms with Crippen molar-refractivity contribution < 1.29 is 18.3 Å². The quantitative estimate of drug-likeness (QED) is 0.271. The van der Waals surface area contributed by atoms with Crippen LogP contribution in [0.3, 0.4) is 0 Å². The summed E-state index contributed by atoms with van der Waals surface area (Å²) in [6.45, 7) is 4.37. The molecule has 2 aromatic carbocycles. The van der Waals surface area contributed by atoms with Crippen LogP contribution in [-0.4, -0.2) is 13.0 Å². The molecule has 2 N–H and O–H groups in total. The van der Waals surface area contributed by atoms with Crippen molar-refractivity contribution in [2.75, 3.05) is 0 Å².